The lowest BCUT2D eigenvalue weighted by atomic mass is 10.0. The van der Waals surface area contributed by atoms with Gasteiger partial charge < -0.3 is 30.8 Å². The zero-order valence-corrected chi connectivity index (χ0v) is 14.8. The highest BCUT2D eigenvalue weighted by atomic mass is 16.3. The first-order valence-corrected chi connectivity index (χ1v) is 9.62. The Morgan fingerprint density at radius 2 is 1.25 bits per heavy atom. The predicted octanol–water partition coefficient (Wildman–Crippen LogP) is 0.685. The second kappa shape index (κ2) is 13.0. The summed E-state index contributed by atoms with van der Waals surface area (Å²) in [4.78, 5) is 0. The zero-order valence-electron chi connectivity index (χ0n) is 14.8. The summed E-state index contributed by atoms with van der Waals surface area (Å²) in [6, 6.07) is -0.518. The molecule has 0 aromatic rings. The zero-order chi connectivity index (χ0) is 17.8. The average Bonchev–Trinajstić information content (AvgIpc) is 2.86. The van der Waals surface area contributed by atoms with Crippen molar-refractivity contribution in [3.8, 4) is 0 Å². The molecular weight excluding hydrogens is 310 g/mol. The third kappa shape index (κ3) is 8.23. The van der Waals surface area contributed by atoms with Gasteiger partial charge in [0.2, 0.25) is 0 Å². The van der Waals surface area contributed by atoms with E-state index in [0.717, 1.165) is 38.5 Å². The van der Waals surface area contributed by atoms with Crippen molar-refractivity contribution in [2.75, 3.05) is 13.2 Å². The number of unbranched alkanes of at least 4 members (excludes halogenated alkanes) is 6. The van der Waals surface area contributed by atoms with Gasteiger partial charge in [0.1, 0.15) is 0 Å². The van der Waals surface area contributed by atoms with Gasteiger partial charge in [0.05, 0.1) is 31.0 Å². The van der Waals surface area contributed by atoms with Gasteiger partial charge in [-0.15, -0.1) is 0 Å². The maximum Gasteiger partial charge on any atom is 0.0989 e. The van der Waals surface area contributed by atoms with Gasteiger partial charge in [0.25, 0.3) is 0 Å². The Morgan fingerprint density at radius 3 is 1.83 bits per heavy atom. The van der Waals surface area contributed by atoms with E-state index in [4.69, 9.17) is 10.2 Å². The number of aliphatic hydroxyl groups is 5. The van der Waals surface area contributed by atoms with Crippen LogP contribution in [0.15, 0.2) is 0 Å². The minimum atomic E-state index is -0.868. The highest BCUT2D eigenvalue weighted by Gasteiger charge is 2.39. The first kappa shape index (κ1) is 21.8. The lowest BCUT2D eigenvalue weighted by molar-refractivity contribution is 0.0186. The highest BCUT2D eigenvalue weighted by molar-refractivity contribution is 4.97. The molecule has 144 valence electrons. The summed E-state index contributed by atoms with van der Waals surface area (Å²) in [5.74, 6) is 0. The fourth-order valence-corrected chi connectivity index (χ4v) is 3.46. The van der Waals surface area contributed by atoms with E-state index in [0.29, 0.717) is 12.8 Å². The molecule has 24 heavy (non-hydrogen) atoms. The van der Waals surface area contributed by atoms with Crippen LogP contribution in [-0.2, 0) is 0 Å². The molecule has 0 aliphatic carbocycles. The standard InChI is InChI=1S/C18H37NO5/c20-12-8-10-14(22)9-6-4-2-1-3-5-7-11-15-17(23)18(24)16(13-21)19-15/h14-24H,1-13H2/t14-,15+,16+,17+,18+/m1/s1. The van der Waals surface area contributed by atoms with Crippen molar-refractivity contribution in [3.05, 3.63) is 0 Å². The van der Waals surface area contributed by atoms with E-state index >= 15 is 0 Å². The summed E-state index contributed by atoms with van der Waals surface area (Å²) in [6.07, 6.45) is 8.99. The van der Waals surface area contributed by atoms with Gasteiger partial charge in [-0.25, -0.2) is 0 Å². The highest BCUT2D eigenvalue weighted by Crippen LogP contribution is 2.20. The molecule has 0 spiro atoms. The van der Waals surface area contributed by atoms with Crippen molar-refractivity contribution in [2.45, 2.75) is 101 Å². The van der Waals surface area contributed by atoms with Gasteiger partial charge in [-0.05, 0) is 25.7 Å². The van der Waals surface area contributed by atoms with Crippen LogP contribution in [0.3, 0.4) is 0 Å². The van der Waals surface area contributed by atoms with Crippen LogP contribution in [-0.4, -0.2) is 69.1 Å². The molecule has 5 atom stereocenters. The minimum absolute atomic E-state index is 0.113. The Balaban J connectivity index is 1.91. The fourth-order valence-electron chi connectivity index (χ4n) is 3.46. The van der Waals surface area contributed by atoms with Crippen LogP contribution in [0.2, 0.25) is 0 Å². The lowest BCUT2D eigenvalue weighted by Crippen LogP contribution is -2.36. The number of rotatable bonds is 14. The Kier molecular flexibility index (Phi) is 11.8. The van der Waals surface area contributed by atoms with Crippen molar-refractivity contribution in [3.63, 3.8) is 0 Å². The fraction of sp³-hybridized carbons (Fsp3) is 1.00. The second-order valence-corrected chi connectivity index (χ2v) is 7.12. The van der Waals surface area contributed by atoms with Gasteiger partial charge in [0, 0.05) is 12.6 Å². The summed E-state index contributed by atoms with van der Waals surface area (Å²) >= 11 is 0. The van der Waals surface area contributed by atoms with E-state index < -0.39 is 18.2 Å². The summed E-state index contributed by atoms with van der Waals surface area (Å²) < 4.78 is 0. The van der Waals surface area contributed by atoms with Gasteiger partial charge >= 0.3 is 0 Å². The van der Waals surface area contributed by atoms with Crippen LogP contribution in [0.1, 0.15) is 70.6 Å². The molecule has 1 aliphatic rings. The minimum Gasteiger partial charge on any atom is -0.396 e. The van der Waals surface area contributed by atoms with Gasteiger partial charge in [0.15, 0.2) is 0 Å². The smallest absolute Gasteiger partial charge is 0.0989 e. The monoisotopic (exact) mass is 347 g/mol. The van der Waals surface area contributed by atoms with Crippen LogP contribution in [0.4, 0.5) is 0 Å². The molecule has 0 aromatic heterocycles. The molecule has 0 radical (unpaired) electrons. The van der Waals surface area contributed by atoms with E-state index in [2.05, 4.69) is 5.32 Å². The molecular formula is C18H37NO5. The largest absolute Gasteiger partial charge is 0.396 e. The number of aliphatic hydroxyl groups excluding tert-OH is 5. The first-order valence-electron chi connectivity index (χ1n) is 9.62. The molecule has 6 heteroatoms. The van der Waals surface area contributed by atoms with Crippen LogP contribution in [0, 0.1) is 0 Å². The summed E-state index contributed by atoms with van der Waals surface area (Å²) in [5, 5.41) is 50.2. The number of hydrogen-bond donors (Lipinski definition) is 6. The third-order valence-corrected chi connectivity index (χ3v) is 5.05. The number of nitrogens with one attached hydrogen (secondary N) is 1. The van der Waals surface area contributed by atoms with Crippen molar-refractivity contribution in [1.29, 1.82) is 0 Å². The van der Waals surface area contributed by atoms with E-state index in [1.165, 1.54) is 19.3 Å². The van der Waals surface area contributed by atoms with E-state index in [-0.39, 0.29) is 25.4 Å². The predicted molar refractivity (Wildman–Crippen MR) is 93.7 cm³/mol. The summed E-state index contributed by atoms with van der Waals surface area (Å²) in [5.41, 5.74) is 0. The number of hydrogen-bond acceptors (Lipinski definition) is 6. The van der Waals surface area contributed by atoms with Crippen molar-refractivity contribution < 1.29 is 25.5 Å². The quantitative estimate of drug-likeness (QED) is 0.258. The van der Waals surface area contributed by atoms with E-state index in [9.17, 15) is 15.3 Å². The SMILES string of the molecule is OCCC[C@H](O)CCCCCCCCC[C@@H]1N[C@@H](CO)[C@H](O)[C@H]1O. The average molecular weight is 347 g/mol. The first-order chi connectivity index (χ1) is 11.6. The van der Waals surface area contributed by atoms with Crippen LogP contribution >= 0.6 is 0 Å². The lowest BCUT2D eigenvalue weighted by Gasteiger charge is -2.15. The molecule has 1 rings (SSSR count). The third-order valence-electron chi connectivity index (χ3n) is 5.05. The molecule has 0 unspecified atom stereocenters. The van der Waals surface area contributed by atoms with Gasteiger partial charge in [-0.3, -0.25) is 0 Å². The molecule has 1 heterocycles. The van der Waals surface area contributed by atoms with Crippen LogP contribution in [0.5, 0.6) is 0 Å². The summed E-state index contributed by atoms with van der Waals surface area (Å²) in [6.45, 7) is 0.00745. The van der Waals surface area contributed by atoms with Crippen molar-refractivity contribution in [2.24, 2.45) is 0 Å². The van der Waals surface area contributed by atoms with Gasteiger partial charge in [-0.1, -0.05) is 44.9 Å². The molecule has 0 saturated carbocycles. The normalized spacial score (nSPS) is 28.4. The molecule has 0 amide bonds. The Hall–Kier alpha value is -0.240. The molecule has 1 saturated heterocycles. The Morgan fingerprint density at radius 1 is 0.708 bits per heavy atom. The molecule has 1 fully saturated rings. The maximum atomic E-state index is 9.90. The van der Waals surface area contributed by atoms with Crippen LogP contribution in [0.25, 0.3) is 0 Å². The van der Waals surface area contributed by atoms with E-state index in [1.54, 1.807) is 0 Å². The topological polar surface area (TPSA) is 113 Å². The van der Waals surface area contributed by atoms with Crippen molar-refractivity contribution in [1.82, 2.24) is 5.32 Å². The van der Waals surface area contributed by atoms with E-state index in [1.807, 2.05) is 0 Å². The maximum absolute atomic E-state index is 9.90. The van der Waals surface area contributed by atoms with Gasteiger partial charge in [-0.2, -0.15) is 0 Å². The Labute approximate surface area is 145 Å². The molecule has 0 aromatic carbocycles. The molecule has 6 nitrogen and oxygen atoms in total. The molecule has 0 bridgehead atoms. The summed E-state index contributed by atoms with van der Waals surface area (Å²) in [7, 11) is 0. The van der Waals surface area contributed by atoms with Crippen molar-refractivity contribution >= 4 is 0 Å². The molecule has 6 N–H and O–H groups in total. The molecule has 1 aliphatic heterocycles. The van der Waals surface area contributed by atoms with Crippen LogP contribution < -0.4 is 5.32 Å². The second-order valence-electron chi connectivity index (χ2n) is 7.12. The Bertz CT molecular complexity index is 305.